The zero-order valence-electron chi connectivity index (χ0n) is 13.3. The predicted octanol–water partition coefficient (Wildman–Crippen LogP) is 5.30. The molecular weight excluding hydrogens is 230 g/mol. The molecule has 1 heteroatoms. The second-order valence-electron chi connectivity index (χ2n) is 5.70. The largest absolute Gasteiger partial charge is 0.317 e. The van der Waals surface area contributed by atoms with E-state index in [1.54, 1.807) is 0 Å². The van der Waals surface area contributed by atoms with Crippen LogP contribution in [-0.2, 0) is 0 Å². The third-order valence-electron chi connectivity index (χ3n) is 3.94. The number of rotatable bonds is 14. The molecule has 0 fully saturated rings. The highest BCUT2D eigenvalue weighted by molar-refractivity contribution is 4.83. The number of nitrogens with one attached hydrogen (secondary N) is 1. The monoisotopic (exact) mass is 265 g/mol. The van der Waals surface area contributed by atoms with Crippen molar-refractivity contribution in [2.45, 2.75) is 96.4 Å². The van der Waals surface area contributed by atoms with E-state index in [1.807, 2.05) is 0 Å². The second kappa shape index (κ2) is 15.6. The lowest BCUT2D eigenvalue weighted by atomic mass is 10.0. The topological polar surface area (TPSA) is 12.0 Å². The zero-order chi connectivity index (χ0) is 14.2. The molecule has 1 N–H and O–H groups in total. The summed E-state index contributed by atoms with van der Waals surface area (Å²) in [5.41, 5.74) is 0. The number of hydrogen-bond acceptors (Lipinski definition) is 1. The first-order valence-electron chi connectivity index (χ1n) is 8.45. The van der Waals surface area contributed by atoms with E-state index in [0.717, 1.165) is 6.42 Å². The average molecular weight is 265 g/mol. The molecule has 19 heavy (non-hydrogen) atoms. The van der Waals surface area contributed by atoms with Crippen molar-refractivity contribution in [1.29, 1.82) is 0 Å². The Hall–Kier alpha value is -0.480. The number of unbranched alkanes of at least 4 members (excludes halogenated alkanes) is 9. The lowest BCUT2D eigenvalue weighted by Crippen LogP contribution is -2.24. The second-order valence-corrected chi connectivity index (χ2v) is 5.70. The molecule has 0 aromatic carbocycles. The van der Waals surface area contributed by atoms with Crippen LogP contribution in [-0.4, -0.2) is 13.1 Å². The summed E-state index contributed by atoms with van der Waals surface area (Å²) < 4.78 is 0. The van der Waals surface area contributed by atoms with Crippen molar-refractivity contribution in [1.82, 2.24) is 5.32 Å². The van der Waals surface area contributed by atoms with Crippen molar-refractivity contribution < 1.29 is 0 Å². The van der Waals surface area contributed by atoms with Gasteiger partial charge < -0.3 is 5.32 Å². The first-order valence-corrected chi connectivity index (χ1v) is 8.45. The first kappa shape index (κ1) is 18.5. The summed E-state index contributed by atoms with van der Waals surface area (Å²) in [5.74, 6) is 2.72. The number of terminal acetylenes is 1. The van der Waals surface area contributed by atoms with E-state index >= 15 is 0 Å². The molecule has 0 saturated heterocycles. The summed E-state index contributed by atoms with van der Waals surface area (Å²) in [6.45, 7) is 2.28. The van der Waals surface area contributed by atoms with Gasteiger partial charge in [-0.05, 0) is 26.3 Å². The lowest BCUT2D eigenvalue weighted by molar-refractivity contribution is 0.448. The van der Waals surface area contributed by atoms with Gasteiger partial charge >= 0.3 is 0 Å². The van der Waals surface area contributed by atoms with Crippen LogP contribution in [0.5, 0.6) is 0 Å². The highest BCUT2D eigenvalue weighted by Gasteiger charge is 2.04. The first-order chi connectivity index (χ1) is 9.35. The maximum Gasteiger partial charge on any atom is 0.00866 e. The van der Waals surface area contributed by atoms with Crippen molar-refractivity contribution >= 4 is 0 Å². The van der Waals surface area contributed by atoms with E-state index in [-0.39, 0.29) is 0 Å². The van der Waals surface area contributed by atoms with E-state index in [2.05, 4.69) is 25.2 Å². The zero-order valence-corrected chi connectivity index (χ0v) is 13.3. The molecule has 1 unspecified atom stereocenters. The molecule has 0 aliphatic heterocycles. The molecule has 0 aliphatic carbocycles. The van der Waals surface area contributed by atoms with E-state index < -0.39 is 0 Å². The molecule has 0 bridgehead atoms. The van der Waals surface area contributed by atoms with Crippen LogP contribution in [0.2, 0.25) is 0 Å². The van der Waals surface area contributed by atoms with Gasteiger partial charge in [0.1, 0.15) is 0 Å². The fourth-order valence-electron chi connectivity index (χ4n) is 2.58. The van der Waals surface area contributed by atoms with Crippen molar-refractivity contribution in [3.05, 3.63) is 0 Å². The molecule has 0 aliphatic rings. The van der Waals surface area contributed by atoms with E-state index in [4.69, 9.17) is 6.42 Å². The van der Waals surface area contributed by atoms with Crippen molar-refractivity contribution in [3.8, 4) is 12.3 Å². The van der Waals surface area contributed by atoms with Gasteiger partial charge in [-0.15, -0.1) is 12.3 Å². The highest BCUT2D eigenvalue weighted by atomic mass is 14.9. The summed E-state index contributed by atoms with van der Waals surface area (Å²) >= 11 is 0. The summed E-state index contributed by atoms with van der Waals surface area (Å²) in [7, 11) is 2.08. The molecule has 0 spiro atoms. The van der Waals surface area contributed by atoms with Crippen LogP contribution in [0, 0.1) is 12.3 Å². The molecule has 0 aromatic heterocycles. The standard InChI is InChI=1S/C18H35N/c1-4-6-8-9-10-11-12-13-15-17-18(19-3)16-14-7-5-2/h2,18-19H,4,6-17H2,1,3H3. The van der Waals surface area contributed by atoms with Gasteiger partial charge in [-0.1, -0.05) is 64.7 Å². The summed E-state index contributed by atoms with van der Waals surface area (Å²) in [6.07, 6.45) is 22.7. The van der Waals surface area contributed by atoms with E-state index in [1.165, 1.54) is 77.0 Å². The van der Waals surface area contributed by atoms with Gasteiger partial charge in [0.2, 0.25) is 0 Å². The Bertz CT molecular complexity index is 204. The summed E-state index contributed by atoms with van der Waals surface area (Å²) in [6, 6.07) is 0.679. The Morgan fingerprint density at radius 3 is 1.89 bits per heavy atom. The van der Waals surface area contributed by atoms with Crippen LogP contribution in [0.3, 0.4) is 0 Å². The van der Waals surface area contributed by atoms with E-state index in [9.17, 15) is 0 Å². The average Bonchev–Trinajstić information content (AvgIpc) is 2.43. The molecule has 1 nitrogen and oxygen atoms in total. The normalized spacial score (nSPS) is 12.3. The smallest absolute Gasteiger partial charge is 0.00866 e. The molecular formula is C18H35N. The Balaban J connectivity index is 3.24. The minimum absolute atomic E-state index is 0.679. The minimum Gasteiger partial charge on any atom is -0.317 e. The fraction of sp³-hybridized carbons (Fsp3) is 0.889. The Morgan fingerprint density at radius 2 is 1.37 bits per heavy atom. The molecule has 112 valence electrons. The molecule has 0 radical (unpaired) electrons. The Kier molecular flexibility index (Phi) is 15.2. The summed E-state index contributed by atoms with van der Waals surface area (Å²) in [4.78, 5) is 0. The molecule has 1 atom stereocenters. The van der Waals surface area contributed by atoms with Crippen molar-refractivity contribution in [2.24, 2.45) is 0 Å². The molecule has 0 saturated carbocycles. The Morgan fingerprint density at radius 1 is 0.842 bits per heavy atom. The Labute approximate surface area is 121 Å². The quantitative estimate of drug-likeness (QED) is 0.332. The third-order valence-corrected chi connectivity index (χ3v) is 3.94. The van der Waals surface area contributed by atoms with Crippen LogP contribution in [0.25, 0.3) is 0 Å². The molecule has 0 rings (SSSR count). The molecule has 0 heterocycles. The summed E-state index contributed by atoms with van der Waals surface area (Å²) in [5, 5.41) is 3.42. The maximum atomic E-state index is 5.28. The van der Waals surface area contributed by atoms with Crippen LogP contribution in [0.4, 0.5) is 0 Å². The van der Waals surface area contributed by atoms with Gasteiger partial charge in [0.15, 0.2) is 0 Å². The highest BCUT2D eigenvalue weighted by Crippen LogP contribution is 2.13. The fourth-order valence-corrected chi connectivity index (χ4v) is 2.58. The maximum absolute atomic E-state index is 5.28. The van der Waals surface area contributed by atoms with Crippen molar-refractivity contribution in [2.75, 3.05) is 7.05 Å². The van der Waals surface area contributed by atoms with E-state index in [0.29, 0.717) is 6.04 Å². The van der Waals surface area contributed by atoms with Crippen molar-refractivity contribution in [3.63, 3.8) is 0 Å². The van der Waals surface area contributed by atoms with Crippen LogP contribution in [0.15, 0.2) is 0 Å². The van der Waals surface area contributed by atoms with Crippen LogP contribution in [0.1, 0.15) is 90.4 Å². The predicted molar refractivity (Wildman–Crippen MR) is 87.4 cm³/mol. The SMILES string of the molecule is C#CCCCC(CCCCCCCCCCC)NC. The van der Waals surface area contributed by atoms with Crippen LogP contribution >= 0.6 is 0 Å². The third kappa shape index (κ3) is 13.7. The molecule has 0 amide bonds. The van der Waals surface area contributed by atoms with Gasteiger partial charge in [0.25, 0.3) is 0 Å². The van der Waals surface area contributed by atoms with Gasteiger partial charge in [-0.2, -0.15) is 0 Å². The van der Waals surface area contributed by atoms with Gasteiger partial charge in [0, 0.05) is 12.5 Å². The van der Waals surface area contributed by atoms with Crippen LogP contribution < -0.4 is 5.32 Å². The minimum atomic E-state index is 0.679. The number of hydrogen-bond donors (Lipinski definition) is 1. The molecule has 0 aromatic rings. The lowest BCUT2D eigenvalue weighted by Gasteiger charge is -2.15. The van der Waals surface area contributed by atoms with Gasteiger partial charge in [-0.25, -0.2) is 0 Å². The van der Waals surface area contributed by atoms with Gasteiger partial charge in [-0.3, -0.25) is 0 Å². The van der Waals surface area contributed by atoms with Gasteiger partial charge in [0.05, 0.1) is 0 Å².